The first-order chi connectivity index (χ1) is 15.7. The summed E-state index contributed by atoms with van der Waals surface area (Å²) in [6, 6.07) is 2.33. The highest BCUT2D eigenvalue weighted by Gasteiger charge is 2.47. The maximum atomic E-state index is 12.8. The van der Waals surface area contributed by atoms with Gasteiger partial charge in [-0.05, 0) is 49.9 Å². The first-order valence-electron chi connectivity index (χ1n) is 12.1. The first-order valence-corrected chi connectivity index (χ1v) is 12.1. The Morgan fingerprint density at radius 3 is 2.48 bits per heavy atom. The minimum atomic E-state index is -0.222. The zero-order valence-corrected chi connectivity index (χ0v) is 20.4. The Bertz CT molecular complexity index is 1200. The van der Waals surface area contributed by atoms with E-state index in [1.807, 2.05) is 12.5 Å². The molecule has 2 saturated carbocycles. The first kappa shape index (κ1) is 21.9. The SMILES string of the molecule is CC(C)c1cn(C)c(=O)n1-c1ccnc(NC2(c3cn(C4CCC(C)(C)CC4)cn3)CC2)n1. The summed E-state index contributed by atoms with van der Waals surface area (Å²) in [7, 11) is 1.77. The fourth-order valence-corrected chi connectivity index (χ4v) is 5.00. The van der Waals surface area contributed by atoms with Crippen LogP contribution in [0.2, 0.25) is 0 Å². The molecule has 0 bridgehead atoms. The van der Waals surface area contributed by atoms with Crippen molar-refractivity contribution in [3.05, 3.63) is 52.9 Å². The van der Waals surface area contributed by atoms with Crippen LogP contribution >= 0.6 is 0 Å². The Balaban J connectivity index is 1.37. The molecule has 0 atom stereocenters. The van der Waals surface area contributed by atoms with Gasteiger partial charge >= 0.3 is 5.69 Å². The largest absolute Gasteiger partial charge is 0.343 e. The summed E-state index contributed by atoms with van der Waals surface area (Å²) in [4.78, 5) is 26.7. The molecule has 0 amide bonds. The standard InChI is InChI=1S/C25H35N7O/c1-17(2)19-14-30(5)23(33)32(19)21-8-13-26-22(28-21)29-25(11-12-25)20-15-31(16-27-20)18-6-9-24(3,4)10-7-18/h8,13-18H,6-7,9-12H2,1-5H3,(H,26,28,29). The smallest absolute Gasteiger partial charge is 0.333 e. The van der Waals surface area contributed by atoms with Crippen molar-refractivity contribution >= 4 is 5.95 Å². The highest BCUT2D eigenvalue weighted by atomic mass is 16.1. The summed E-state index contributed by atoms with van der Waals surface area (Å²) < 4.78 is 5.59. The summed E-state index contributed by atoms with van der Waals surface area (Å²) in [6.07, 6.45) is 14.7. The molecule has 176 valence electrons. The number of imidazole rings is 2. The summed E-state index contributed by atoms with van der Waals surface area (Å²) in [5.41, 5.74) is 2.13. The molecule has 2 aliphatic rings. The number of aromatic nitrogens is 6. The molecule has 33 heavy (non-hydrogen) atoms. The maximum absolute atomic E-state index is 12.8. The van der Waals surface area contributed by atoms with Gasteiger partial charge in [0.15, 0.2) is 0 Å². The van der Waals surface area contributed by atoms with Crippen LogP contribution in [0, 0.1) is 5.41 Å². The van der Waals surface area contributed by atoms with Gasteiger partial charge in [-0.3, -0.25) is 0 Å². The summed E-state index contributed by atoms with van der Waals surface area (Å²) in [5.74, 6) is 1.33. The molecule has 8 heteroatoms. The number of anilines is 1. The molecule has 3 heterocycles. The van der Waals surface area contributed by atoms with Crippen molar-refractivity contribution in [3.63, 3.8) is 0 Å². The van der Waals surface area contributed by atoms with Gasteiger partial charge < -0.3 is 14.5 Å². The van der Waals surface area contributed by atoms with E-state index in [1.54, 1.807) is 28.4 Å². The van der Waals surface area contributed by atoms with Gasteiger partial charge in [0.1, 0.15) is 5.82 Å². The molecule has 0 saturated heterocycles. The van der Waals surface area contributed by atoms with E-state index in [9.17, 15) is 4.79 Å². The predicted molar refractivity (Wildman–Crippen MR) is 129 cm³/mol. The molecule has 3 aromatic heterocycles. The van der Waals surface area contributed by atoms with Gasteiger partial charge in [-0.25, -0.2) is 19.3 Å². The molecule has 8 nitrogen and oxygen atoms in total. The lowest BCUT2D eigenvalue weighted by atomic mass is 9.75. The van der Waals surface area contributed by atoms with Crippen molar-refractivity contribution in [1.29, 1.82) is 0 Å². The van der Waals surface area contributed by atoms with Crippen LogP contribution < -0.4 is 11.0 Å². The van der Waals surface area contributed by atoms with Crippen molar-refractivity contribution < 1.29 is 0 Å². The van der Waals surface area contributed by atoms with Gasteiger partial charge in [0, 0.05) is 43.4 Å². The van der Waals surface area contributed by atoms with E-state index in [4.69, 9.17) is 9.97 Å². The Morgan fingerprint density at radius 2 is 1.82 bits per heavy atom. The van der Waals surface area contributed by atoms with Crippen LogP contribution in [-0.2, 0) is 12.6 Å². The van der Waals surface area contributed by atoms with Crippen molar-refractivity contribution in [1.82, 2.24) is 28.7 Å². The zero-order valence-electron chi connectivity index (χ0n) is 20.4. The fraction of sp³-hybridized carbons (Fsp3) is 0.600. The maximum Gasteiger partial charge on any atom is 0.333 e. The molecule has 5 rings (SSSR count). The molecule has 0 aliphatic heterocycles. The van der Waals surface area contributed by atoms with Gasteiger partial charge in [0.25, 0.3) is 0 Å². The molecule has 0 unspecified atom stereocenters. The molecule has 3 aromatic rings. The highest BCUT2D eigenvalue weighted by molar-refractivity contribution is 5.41. The normalized spacial score (nSPS) is 19.7. The van der Waals surface area contributed by atoms with Gasteiger partial charge in [-0.15, -0.1) is 0 Å². The van der Waals surface area contributed by atoms with Gasteiger partial charge in [0.2, 0.25) is 5.95 Å². The Hall–Kier alpha value is -2.90. The summed E-state index contributed by atoms with van der Waals surface area (Å²) >= 11 is 0. The second-order valence-electron chi connectivity index (χ2n) is 11.0. The van der Waals surface area contributed by atoms with Gasteiger partial charge in [-0.2, -0.15) is 4.98 Å². The monoisotopic (exact) mass is 449 g/mol. The van der Waals surface area contributed by atoms with E-state index < -0.39 is 0 Å². The zero-order chi connectivity index (χ0) is 23.4. The number of nitrogens with zero attached hydrogens (tertiary/aromatic N) is 6. The van der Waals surface area contributed by atoms with Crippen LogP contribution in [0.25, 0.3) is 5.82 Å². The molecule has 0 radical (unpaired) electrons. The minimum Gasteiger partial charge on any atom is -0.343 e. The second-order valence-corrected chi connectivity index (χ2v) is 11.0. The van der Waals surface area contributed by atoms with E-state index in [-0.39, 0.29) is 17.1 Å². The molecular formula is C25H35N7O. The Kier molecular flexibility index (Phi) is 5.21. The van der Waals surface area contributed by atoms with Crippen LogP contribution in [0.1, 0.15) is 89.6 Å². The van der Waals surface area contributed by atoms with Crippen LogP contribution in [0.3, 0.4) is 0 Å². The third-order valence-electron chi connectivity index (χ3n) is 7.46. The van der Waals surface area contributed by atoms with E-state index >= 15 is 0 Å². The quantitative estimate of drug-likeness (QED) is 0.598. The Morgan fingerprint density at radius 1 is 1.09 bits per heavy atom. The van der Waals surface area contributed by atoms with Crippen molar-refractivity contribution in [2.75, 3.05) is 5.32 Å². The fourth-order valence-electron chi connectivity index (χ4n) is 5.00. The predicted octanol–water partition coefficient (Wildman–Crippen LogP) is 4.53. The number of aryl methyl sites for hydroxylation is 1. The lowest BCUT2D eigenvalue weighted by Crippen LogP contribution is -2.25. The van der Waals surface area contributed by atoms with Crippen LogP contribution in [0.5, 0.6) is 0 Å². The van der Waals surface area contributed by atoms with E-state index in [1.165, 1.54) is 25.7 Å². The van der Waals surface area contributed by atoms with Gasteiger partial charge in [0.05, 0.1) is 17.6 Å². The lowest BCUT2D eigenvalue weighted by Gasteiger charge is -2.34. The van der Waals surface area contributed by atoms with E-state index in [2.05, 4.69) is 48.8 Å². The van der Waals surface area contributed by atoms with Gasteiger partial charge in [-0.1, -0.05) is 27.7 Å². The van der Waals surface area contributed by atoms with E-state index in [0.29, 0.717) is 23.2 Å². The number of hydrogen-bond acceptors (Lipinski definition) is 5. The number of nitrogens with one attached hydrogen (secondary N) is 1. The second kappa shape index (κ2) is 7.85. The molecule has 1 N–H and O–H groups in total. The molecule has 0 aromatic carbocycles. The molecule has 2 fully saturated rings. The highest BCUT2D eigenvalue weighted by Crippen LogP contribution is 2.48. The lowest BCUT2D eigenvalue weighted by molar-refractivity contribution is 0.193. The average molecular weight is 450 g/mol. The van der Waals surface area contributed by atoms with Crippen molar-refractivity contribution in [3.8, 4) is 5.82 Å². The van der Waals surface area contributed by atoms with Crippen LogP contribution in [0.15, 0.2) is 35.8 Å². The Labute approximate surface area is 195 Å². The van der Waals surface area contributed by atoms with Crippen LogP contribution in [0.4, 0.5) is 5.95 Å². The summed E-state index contributed by atoms with van der Waals surface area (Å²) in [6.45, 7) is 8.89. The third-order valence-corrected chi connectivity index (χ3v) is 7.46. The van der Waals surface area contributed by atoms with E-state index in [0.717, 1.165) is 24.2 Å². The van der Waals surface area contributed by atoms with Crippen molar-refractivity contribution in [2.45, 2.75) is 83.7 Å². The topological polar surface area (TPSA) is 82.6 Å². The number of rotatable bonds is 6. The average Bonchev–Trinajstić information content (AvgIpc) is 3.24. The van der Waals surface area contributed by atoms with Crippen LogP contribution in [-0.4, -0.2) is 28.7 Å². The minimum absolute atomic E-state index is 0.0983. The summed E-state index contributed by atoms with van der Waals surface area (Å²) in [5, 5.41) is 3.54. The molecular weight excluding hydrogens is 414 g/mol. The molecule has 0 spiro atoms. The third kappa shape index (κ3) is 4.11. The molecule has 2 aliphatic carbocycles. The van der Waals surface area contributed by atoms with Crippen molar-refractivity contribution in [2.24, 2.45) is 12.5 Å². The number of hydrogen-bond donors (Lipinski definition) is 1.